The lowest BCUT2D eigenvalue weighted by molar-refractivity contribution is -0.127. The summed E-state index contributed by atoms with van der Waals surface area (Å²) in [5.74, 6) is -1.17. The van der Waals surface area contributed by atoms with Gasteiger partial charge in [0.2, 0.25) is 11.8 Å². The molecule has 1 heterocycles. The second-order valence-electron chi connectivity index (χ2n) is 5.95. The third-order valence-electron chi connectivity index (χ3n) is 3.94. The van der Waals surface area contributed by atoms with Crippen LogP contribution in [0.2, 0.25) is 0 Å². The average Bonchev–Trinajstić information content (AvgIpc) is 3.23. The van der Waals surface area contributed by atoms with Crippen molar-refractivity contribution in [3.05, 3.63) is 58.0 Å². The molecule has 0 radical (unpaired) electrons. The monoisotopic (exact) mass is 346 g/mol. The van der Waals surface area contributed by atoms with Gasteiger partial charge in [0.1, 0.15) is 5.82 Å². The summed E-state index contributed by atoms with van der Waals surface area (Å²) in [6.45, 7) is -0.0303. The fourth-order valence-corrected chi connectivity index (χ4v) is 3.24. The Morgan fingerprint density at radius 2 is 1.96 bits per heavy atom. The highest BCUT2D eigenvalue weighted by Gasteiger charge is 2.25. The van der Waals surface area contributed by atoms with Crippen molar-refractivity contribution in [1.82, 2.24) is 10.6 Å². The summed E-state index contributed by atoms with van der Waals surface area (Å²) in [5, 5.41) is 7.50. The van der Waals surface area contributed by atoms with Crippen LogP contribution in [-0.2, 0) is 16.0 Å². The highest BCUT2D eigenvalue weighted by molar-refractivity contribution is 7.09. The topological polar surface area (TPSA) is 58.2 Å². The van der Waals surface area contributed by atoms with Gasteiger partial charge in [-0.2, -0.15) is 0 Å². The number of carbonyl (C=O) groups excluding carboxylic acids is 2. The molecule has 2 aromatic rings. The Balaban J connectivity index is 1.66. The summed E-state index contributed by atoms with van der Waals surface area (Å²) in [6.07, 6.45) is 2.55. The molecule has 1 atom stereocenters. The van der Waals surface area contributed by atoms with Crippen molar-refractivity contribution in [3.63, 3.8) is 0 Å². The Bertz CT molecular complexity index is 696. The van der Waals surface area contributed by atoms with Gasteiger partial charge < -0.3 is 10.6 Å². The zero-order valence-corrected chi connectivity index (χ0v) is 13.9. The third kappa shape index (κ3) is 4.64. The Morgan fingerprint density at radius 3 is 2.58 bits per heavy atom. The third-order valence-corrected chi connectivity index (χ3v) is 4.84. The molecule has 126 valence electrons. The molecule has 6 heteroatoms. The van der Waals surface area contributed by atoms with Crippen LogP contribution in [0.5, 0.6) is 0 Å². The molecular weight excluding hydrogens is 327 g/mol. The minimum absolute atomic E-state index is 0.0303. The second-order valence-corrected chi connectivity index (χ2v) is 6.98. The highest BCUT2D eigenvalue weighted by atomic mass is 32.1. The lowest BCUT2D eigenvalue weighted by Crippen LogP contribution is -2.40. The van der Waals surface area contributed by atoms with E-state index in [4.69, 9.17) is 0 Å². The number of hydrogen-bond acceptors (Lipinski definition) is 3. The lowest BCUT2D eigenvalue weighted by atomic mass is 9.94. The van der Waals surface area contributed by atoms with Crippen LogP contribution in [0, 0.1) is 5.82 Å². The molecular formula is C18H19FN2O2S. The first-order valence-corrected chi connectivity index (χ1v) is 8.84. The van der Waals surface area contributed by atoms with E-state index in [1.54, 1.807) is 23.5 Å². The van der Waals surface area contributed by atoms with Crippen molar-refractivity contribution in [2.45, 2.75) is 31.2 Å². The molecule has 2 N–H and O–H groups in total. The van der Waals surface area contributed by atoms with Crippen LogP contribution in [-0.4, -0.2) is 24.4 Å². The predicted molar refractivity (Wildman–Crippen MR) is 91.3 cm³/mol. The number of halogens is 1. The maximum atomic E-state index is 13.2. The summed E-state index contributed by atoms with van der Waals surface area (Å²) >= 11 is 1.57. The first kappa shape index (κ1) is 16.6. The molecule has 0 aliphatic heterocycles. The van der Waals surface area contributed by atoms with Gasteiger partial charge >= 0.3 is 0 Å². The smallest absolute Gasteiger partial charge is 0.239 e. The number of benzene rings is 1. The van der Waals surface area contributed by atoms with E-state index in [0.29, 0.717) is 6.42 Å². The SMILES string of the molecule is O=C(CNC(=O)C(Cc1cccs1)c1ccc(F)cc1)NC1CC1. The summed E-state index contributed by atoms with van der Waals surface area (Å²) < 4.78 is 13.2. The first-order chi connectivity index (χ1) is 11.6. The van der Waals surface area contributed by atoms with E-state index in [0.717, 1.165) is 23.3 Å². The first-order valence-electron chi connectivity index (χ1n) is 7.97. The minimum Gasteiger partial charge on any atom is -0.352 e. The van der Waals surface area contributed by atoms with Crippen LogP contribution in [0.3, 0.4) is 0 Å². The maximum absolute atomic E-state index is 13.2. The van der Waals surface area contributed by atoms with Crippen LogP contribution in [0.25, 0.3) is 0 Å². The van der Waals surface area contributed by atoms with E-state index in [9.17, 15) is 14.0 Å². The molecule has 4 nitrogen and oxygen atoms in total. The zero-order valence-electron chi connectivity index (χ0n) is 13.1. The fraction of sp³-hybridized carbons (Fsp3) is 0.333. The van der Waals surface area contributed by atoms with Gasteiger partial charge in [0.05, 0.1) is 12.5 Å². The molecule has 0 saturated heterocycles. The van der Waals surface area contributed by atoms with Crippen LogP contribution in [0.15, 0.2) is 41.8 Å². The van der Waals surface area contributed by atoms with Crippen molar-refractivity contribution < 1.29 is 14.0 Å². The molecule has 2 amide bonds. The van der Waals surface area contributed by atoms with E-state index in [-0.39, 0.29) is 30.2 Å². The molecule has 24 heavy (non-hydrogen) atoms. The van der Waals surface area contributed by atoms with E-state index >= 15 is 0 Å². The number of thiophene rings is 1. The number of rotatable bonds is 7. The molecule has 1 unspecified atom stereocenters. The normalized spacial score (nSPS) is 14.9. The Hall–Kier alpha value is -2.21. The molecule has 1 fully saturated rings. The summed E-state index contributed by atoms with van der Waals surface area (Å²) in [4.78, 5) is 25.4. The quantitative estimate of drug-likeness (QED) is 0.810. The van der Waals surface area contributed by atoms with Gasteiger partial charge in [0.15, 0.2) is 0 Å². The average molecular weight is 346 g/mol. The Labute approximate surface area is 144 Å². The number of nitrogens with one attached hydrogen (secondary N) is 2. The van der Waals surface area contributed by atoms with Gasteiger partial charge in [0, 0.05) is 10.9 Å². The van der Waals surface area contributed by atoms with Crippen LogP contribution >= 0.6 is 11.3 Å². The van der Waals surface area contributed by atoms with Crippen molar-refractivity contribution in [1.29, 1.82) is 0 Å². The molecule has 1 aromatic heterocycles. The standard InChI is InChI=1S/C18H19FN2O2S/c19-13-5-3-12(4-6-13)16(10-15-2-1-9-24-15)18(23)20-11-17(22)21-14-7-8-14/h1-6,9,14,16H,7-8,10-11H2,(H,20,23)(H,21,22). The van der Waals surface area contributed by atoms with Crippen LogP contribution in [0.1, 0.15) is 29.2 Å². The van der Waals surface area contributed by atoms with E-state index in [2.05, 4.69) is 10.6 Å². The molecule has 0 spiro atoms. The Morgan fingerprint density at radius 1 is 1.21 bits per heavy atom. The van der Waals surface area contributed by atoms with Gasteiger partial charge in [-0.25, -0.2) is 4.39 Å². The number of hydrogen-bond donors (Lipinski definition) is 2. The largest absolute Gasteiger partial charge is 0.352 e. The van der Waals surface area contributed by atoms with Gasteiger partial charge in [0.25, 0.3) is 0 Å². The van der Waals surface area contributed by atoms with Crippen molar-refractivity contribution in [3.8, 4) is 0 Å². The summed E-state index contributed by atoms with van der Waals surface area (Å²) in [7, 11) is 0. The number of amides is 2. The van der Waals surface area contributed by atoms with Gasteiger partial charge in [-0.1, -0.05) is 18.2 Å². The molecule has 3 rings (SSSR count). The van der Waals surface area contributed by atoms with Crippen molar-refractivity contribution >= 4 is 23.2 Å². The van der Waals surface area contributed by atoms with E-state index < -0.39 is 5.92 Å². The predicted octanol–water partition coefficient (Wildman–Crippen LogP) is 2.61. The second kappa shape index (κ2) is 7.57. The molecule has 1 aliphatic carbocycles. The summed E-state index contributed by atoms with van der Waals surface area (Å²) in [5.41, 5.74) is 0.741. The highest BCUT2D eigenvalue weighted by Crippen LogP contribution is 2.24. The van der Waals surface area contributed by atoms with Gasteiger partial charge in [-0.15, -0.1) is 11.3 Å². The fourth-order valence-electron chi connectivity index (χ4n) is 2.48. The molecule has 1 aromatic carbocycles. The molecule has 1 aliphatic rings. The molecule has 0 bridgehead atoms. The van der Waals surface area contributed by atoms with E-state index in [1.165, 1.54) is 12.1 Å². The van der Waals surface area contributed by atoms with Gasteiger partial charge in [-0.3, -0.25) is 9.59 Å². The minimum atomic E-state index is -0.446. The Kier molecular flexibility index (Phi) is 5.25. The van der Waals surface area contributed by atoms with E-state index in [1.807, 2.05) is 17.5 Å². The van der Waals surface area contributed by atoms with Crippen molar-refractivity contribution in [2.75, 3.05) is 6.54 Å². The summed E-state index contributed by atoms with van der Waals surface area (Å²) in [6, 6.07) is 10.1. The van der Waals surface area contributed by atoms with Crippen molar-refractivity contribution in [2.24, 2.45) is 0 Å². The zero-order chi connectivity index (χ0) is 16.9. The van der Waals surface area contributed by atoms with Gasteiger partial charge in [-0.05, 0) is 48.4 Å². The van der Waals surface area contributed by atoms with Crippen LogP contribution < -0.4 is 10.6 Å². The molecule has 1 saturated carbocycles. The maximum Gasteiger partial charge on any atom is 0.239 e. The van der Waals surface area contributed by atoms with Crippen LogP contribution in [0.4, 0.5) is 4.39 Å². The lowest BCUT2D eigenvalue weighted by Gasteiger charge is -2.17. The number of carbonyl (C=O) groups is 2.